The first-order valence-corrected chi connectivity index (χ1v) is 13.9. The van der Waals surface area contributed by atoms with Crippen molar-refractivity contribution < 1.29 is 14.2 Å². The van der Waals surface area contributed by atoms with E-state index in [1.807, 2.05) is 29.2 Å². The third kappa shape index (κ3) is 7.58. The van der Waals surface area contributed by atoms with Crippen LogP contribution in [0.15, 0.2) is 95.4 Å². The Kier molecular flexibility index (Phi) is 9.05. The zero-order valence-electron chi connectivity index (χ0n) is 23.3. The SMILES string of the molecule is CCC1CN(c2nc(N/N=C/C3=CC(C)C=C(NCc4ccc(-c5cccc(O)c5)cc4)C=C3)ncc2F)CCO1. The first-order valence-electron chi connectivity index (χ1n) is 13.9. The number of nitrogens with zero attached hydrogens (tertiary/aromatic N) is 4. The number of aromatic nitrogens is 2. The lowest BCUT2D eigenvalue weighted by atomic mass is 10.0. The number of rotatable bonds is 9. The van der Waals surface area contributed by atoms with Crippen molar-refractivity contribution in [2.24, 2.45) is 11.0 Å². The molecule has 2 aliphatic rings. The highest BCUT2D eigenvalue weighted by atomic mass is 19.1. The second-order valence-corrected chi connectivity index (χ2v) is 10.2. The van der Waals surface area contributed by atoms with Gasteiger partial charge in [0.15, 0.2) is 11.6 Å². The van der Waals surface area contributed by atoms with Crippen molar-refractivity contribution in [3.05, 3.63) is 102 Å². The van der Waals surface area contributed by atoms with Gasteiger partial charge >= 0.3 is 0 Å². The molecule has 3 N–H and O–H groups in total. The molecule has 2 atom stereocenters. The molecule has 0 radical (unpaired) electrons. The Bertz CT molecular complexity index is 1470. The van der Waals surface area contributed by atoms with Crippen LogP contribution in [0.25, 0.3) is 11.1 Å². The number of morpholine rings is 1. The monoisotopic (exact) mass is 554 g/mol. The van der Waals surface area contributed by atoms with Crippen molar-refractivity contribution in [1.29, 1.82) is 0 Å². The van der Waals surface area contributed by atoms with Gasteiger partial charge in [0.25, 0.3) is 0 Å². The number of aromatic hydroxyl groups is 1. The summed E-state index contributed by atoms with van der Waals surface area (Å²) in [5, 5.41) is 17.5. The van der Waals surface area contributed by atoms with Crippen LogP contribution >= 0.6 is 0 Å². The zero-order chi connectivity index (χ0) is 28.6. The summed E-state index contributed by atoms with van der Waals surface area (Å²) in [6.45, 7) is 6.56. The van der Waals surface area contributed by atoms with Crippen molar-refractivity contribution in [3.8, 4) is 16.9 Å². The molecule has 2 unspecified atom stereocenters. The van der Waals surface area contributed by atoms with Gasteiger partial charge in [0.1, 0.15) is 5.75 Å². The van der Waals surface area contributed by atoms with Gasteiger partial charge in [-0.1, -0.05) is 68.5 Å². The summed E-state index contributed by atoms with van der Waals surface area (Å²) in [5.41, 5.74) is 7.97. The Labute approximate surface area is 240 Å². The number of nitrogens with one attached hydrogen (secondary N) is 2. The molecule has 9 heteroatoms. The van der Waals surface area contributed by atoms with Crippen molar-refractivity contribution in [1.82, 2.24) is 15.3 Å². The van der Waals surface area contributed by atoms with Crippen LogP contribution in [-0.4, -0.2) is 47.1 Å². The van der Waals surface area contributed by atoms with Crippen molar-refractivity contribution in [2.45, 2.75) is 32.9 Å². The molecule has 0 spiro atoms. The highest BCUT2D eigenvalue weighted by Gasteiger charge is 2.23. The fourth-order valence-electron chi connectivity index (χ4n) is 4.80. The molecule has 1 saturated heterocycles. The molecule has 2 heterocycles. The molecule has 1 aliphatic carbocycles. The van der Waals surface area contributed by atoms with Gasteiger partial charge in [-0.2, -0.15) is 10.1 Å². The fraction of sp³-hybridized carbons (Fsp3) is 0.281. The van der Waals surface area contributed by atoms with E-state index in [4.69, 9.17) is 4.74 Å². The number of benzene rings is 2. The largest absolute Gasteiger partial charge is 0.508 e. The molecule has 5 rings (SSSR count). The number of ether oxygens (including phenoxy) is 1. The molecule has 8 nitrogen and oxygen atoms in total. The Morgan fingerprint density at radius 3 is 2.80 bits per heavy atom. The van der Waals surface area contributed by atoms with E-state index in [9.17, 15) is 9.50 Å². The summed E-state index contributed by atoms with van der Waals surface area (Å²) in [5.74, 6) is 0.478. The minimum absolute atomic E-state index is 0.0629. The predicted octanol–water partition coefficient (Wildman–Crippen LogP) is 5.81. The molecule has 41 heavy (non-hydrogen) atoms. The standard InChI is InChI=1S/C32H35FN6O2/c1-3-29-21-39(13-14-41-29)31-30(33)20-35-32(37-31)38-36-19-24-9-12-27(16-22(2)15-24)34-18-23-7-10-25(11-8-23)26-5-4-6-28(40)17-26/h4-12,15-17,19-20,22,29,34,40H,3,13-14,18,21H2,1-2H3,(H,35,37,38)/b36-19+. The topological polar surface area (TPSA) is 94.9 Å². The van der Waals surface area contributed by atoms with Gasteiger partial charge in [0.2, 0.25) is 5.95 Å². The van der Waals surface area contributed by atoms with Crippen LogP contribution in [0, 0.1) is 11.7 Å². The highest BCUT2D eigenvalue weighted by Crippen LogP contribution is 2.24. The van der Waals surface area contributed by atoms with E-state index in [-0.39, 0.29) is 29.5 Å². The van der Waals surface area contributed by atoms with Crippen molar-refractivity contribution >= 4 is 18.0 Å². The minimum atomic E-state index is -0.460. The van der Waals surface area contributed by atoms with Crippen LogP contribution in [0.2, 0.25) is 0 Å². The van der Waals surface area contributed by atoms with Gasteiger partial charge in [0, 0.05) is 25.3 Å². The number of phenolic OH excluding ortho intramolecular Hbond substituents is 1. The van der Waals surface area contributed by atoms with Crippen LogP contribution in [-0.2, 0) is 11.3 Å². The number of halogens is 1. The van der Waals surface area contributed by atoms with Crippen molar-refractivity contribution in [2.75, 3.05) is 30.0 Å². The van der Waals surface area contributed by atoms with Gasteiger partial charge in [-0.3, -0.25) is 0 Å². The number of hydrogen-bond acceptors (Lipinski definition) is 8. The Hall–Kier alpha value is -4.50. The molecule has 3 aromatic rings. The molecule has 1 aromatic heterocycles. The summed E-state index contributed by atoms with van der Waals surface area (Å²) in [6.07, 6.45) is 12.1. The summed E-state index contributed by atoms with van der Waals surface area (Å²) in [6, 6.07) is 15.5. The first-order chi connectivity index (χ1) is 20.0. The van der Waals surface area contributed by atoms with Crippen LogP contribution in [0.3, 0.4) is 0 Å². The molecule has 1 aliphatic heterocycles. The van der Waals surface area contributed by atoms with Gasteiger partial charge in [-0.05, 0) is 52.8 Å². The lowest BCUT2D eigenvalue weighted by molar-refractivity contribution is 0.0379. The highest BCUT2D eigenvalue weighted by molar-refractivity contribution is 5.83. The first kappa shape index (κ1) is 28.0. The van der Waals surface area contributed by atoms with Crippen LogP contribution in [0.1, 0.15) is 25.8 Å². The average molecular weight is 555 g/mol. The number of anilines is 2. The number of hydrazone groups is 1. The number of allylic oxidation sites excluding steroid dienone is 5. The van der Waals surface area contributed by atoms with E-state index in [1.165, 1.54) is 6.20 Å². The molecule has 0 amide bonds. The molecular formula is C32H35FN6O2. The van der Waals surface area contributed by atoms with E-state index in [0.29, 0.717) is 26.2 Å². The maximum Gasteiger partial charge on any atom is 0.245 e. The Morgan fingerprint density at radius 1 is 1.15 bits per heavy atom. The normalized spacial score (nSPS) is 19.0. The average Bonchev–Trinajstić information content (AvgIpc) is 3.17. The lowest BCUT2D eigenvalue weighted by Gasteiger charge is -2.33. The summed E-state index contributed by atoms with van der Waals surface area (Å²) < 4.78 is 20.2. The molecule has 0 bridgehead atoms. The smallest absolute Gasteiger partial charge is 0.245 e. The Balaban J connectivity index is 1.16. The maximum absolute atomic E-state index is 14.5. The molecular weight excluding hydrogens is 519 g/mol. The van der Waals surface area contributed by atoms with Gasteiger partial charge in [-0.25, -0.2) is 14.8 Å². The van der Waals surface area contributed by atoms with E-state index in [2.05, 4.69) is 76.1 Å². The molecule has 2 aromatic carbocycles. The lowest BCUT2D eigenvalue weighted by Crippen LogP contribution is -2.43. The molecule has 0 saturated carbocycles. The predicted molar refractivity (Wildman–Crippen MR) is 161 cm³/mol. The van der Waals surface area contributed by atoms with Gasteiger partial charge < -0.3 is 20.1 Å². The van der Waals surface area contributed by atoms with Crippen LogP contribution < -0.4 is 15.6 Å². The van der Waals surface area contributed by atoms with Gasteiger partial charge in [0.05, 0.1) is 25.1 Å². The summed E-state index contributed by atoms with van der Waals surface area (Å²) in [7, 11) is 0. The van der Waals surface area contributed by atoms with Gasteiger partial charge in [-0.15, -0.1) is 0 Å². The zero-order valence-corrected chi connectivity index (χ0v) is 23.3. The van der Waals surface area contributed by atoms with Crippen molar-refractivity contribution in [3.63, 3.8) is 0 Å². The van der Waals surface area contributed by atoms with E-state index in [0.717, 1.165) is 34.4 Å². The molecule has 1 fully saturated rings. The summed E-state index contributed by atoms with van der Waals surface area (Å²) >= 11 is 0. The maximum atomic E-state index is 14.5. The van der Waals surface area contributed by atoms with E-state index < -0.39 is 5.82 Å². The number of phenols is 1. The van der Waals surface area contributed by atoms with E-state index >= 15 is 0 Å². The minimum Gasteiger partial charge on any atom is -0.508 e. The fourth-order valence-corrected chi connectivity index (χ4v) is 4.80. The second kappa shape index (κ2) is 13.2. The quantitative estimate of drug-likeness (QED) is 0.227. The van der Waals surface area contributed by atoms with E-state index in [1.54, 1.807) is 18.3 Å². The second-order valence-electron chi connectivity index (χ2n) is 10.2. The third-order valence-electron chi connectivity index (χ3n) is 6.98. The van der Waals surface area contributed by atoms with Crippen LogP contribution in [0.4, 0.5) is 16.2 Å². The Morgan fingerprint density at radius 2 is 2.00 bits per heavy atom. The molecule has 212 valence electrons. The number of hydrogen-bond donors (Lipinski definition) is 3. The third-order valence-corrected chi connectivity index (χ3v) is 6.98. The van der Waals surface area contributed by atoms with Crippen LogP contribution in [0.5, 0.6) is 5.75 Å². The summed E-state index contributed by atoms with van der Waals surface area (Å²) in [4.78, 5) is 10.3.